The fourth-order valence-electron chi connectivity index (χ4n) is 2.49. The molecule has 3 rings (SSSR count). The standard InChI is InChI=1S/C14H16N2O/c1-17-11-5-4-10-6-8-16-14(12(10)9-11)13-3-2-7-15-13/h4-6,8-9,13,15H,2-3,7H2,1H3. The number of nitrogens with zero attached hydrogens (tertiary/aromatic N) is 1. The van der Waals surface area contributed by atoms with Gasteiger partial charge in [0.25, 0.3) is 0 Å². The molecule has 1 aliphatic rings. The van der Waals surface area contributed by atoms with Crippen LogP contribution in [0.1, 0.15) is 24.6 Å². The van der Waals surface area contributed by atoms with E-state index in [2.05, 4.69) is 22.4 Å². The van der Waals surface area contributed by atoms with Gasteiger partial charge < -0.3 is 10.1 Å². The molecule has 1 aromatic heterocycles. The first-order valence-electron chi connectivity index (χ1n) is 6.04. The predicted molar refractivity (Wildman–Crippen MR) is 68.3 cm³/mol. The van der Waals surface area contributed by atoms with E-state index in [1.165, 1.54) is 23.6 Å². The van der Waals surface area contributed by atoms with Gasteiger partial charge in [0.2, 0.25) is 0 Å². The van der Waals surface area contributed by atoms with Crippen molar-refractivity contribution in [2.75, 3.05) is 13.7 Å². The van der Waals surface area contributed by atoms with Crippen LogP contribution in [0.5, 0.6) is 5.75 Å². The zero-order chi connectivity index (χ0) is 11.7. The van der Waals surface area contributed by atoms with Crippen molar-refractivity contribution in [3.63, 3.8) is 0 Å². The van der Waals surface area contributed by atoms with Crippen LogP contribution in [-0.2, 0) is 0 Å². The van der Waals surface area contributed by atoms with Crippen LogP contribution in [0.25, 0.3) is 10.8 Å². The second kappa shape index (κ2) is 4.34. The van der Waals surface area contributed by atoms with Gasteiger partial charge in [-0.1, -0.05) is 6.07 Å². The highest BCUT2D eigenvalue weighted by Gasteiger charge is 2.19. The van der Waals surface area contributed by atoms with E-state index in [1.807, 2.05) is 18.3 Å². The van der Waals surface area contributed by atoms with Gasteiger partial charge in [-0.3, -0.25) is 4.98 Å². The van der Waals surface area contributed by atoms with Crippen LogP contribution >= 0.6 is 0 Å². The van der Waals surface area contributed by atoms with Gasteiger partial charge in [0.05, 0.1) is 18.8 Å². The van der Waals surface area contributed by atoms with Gasteiger partial charge in [0, 0.05) is 11.6 Å². The van der Waals surface area contributed by atoms with Crippen molar-refractivity contribution in [3.8, 4) is 5.75 Å². The molecule has 2 heterocycles. The number of ether oxygens (including phenoxy) is 1. The van der Waals surface area contributed by atoms with Crippen molar-refractivity contribution in [2.45, 2.75) is 18.9 Å². The monoisotopic (exact) mass is 228 g/mol. The van der Waals surface area contributed by atoms with Crippen LogP contribution in [0.3, 0.4) is 0 Å². The normalized spacial score (nSPS) is 19.7. The summed E-state index contributed by atoms with van der Waals surface area (Å²) in [6.07, 6.45) is 4.29. The van der Waals surface area contributed by atoms with Gasteiger partial charge in [-0.2, -0.15) is 0 Å². The van der Waals surface area contributed by atoms with Crippen molar-refractivity contribution in [1.82, 2.24) is 10.3 Å². The lowest BCUT2D eigenvalue weighted by Crippen LogP contribution is -2.14. The summed E-state index contributed by atoms with van der Waals surface area (Å²) in [5, 5.41) is 5.93. The molecule has 3 heteroatoms. The third kappa shape index (κ3) is 1.87. The molecular formula is C14H16N2O. The summed E-state index contributed by atoms with van der Waals surface area (Å²) >= 11 is 0. The number of pyridine rings is 1. The summed E-state index contributed by atoms with van der Waals surface area (Å²) < 4.78 is 5.29. The molecule has 1 aliphatic heterocycles. The van der Waals surface area contributed by atoms with E-state index in [4.69, 9.17) is 4.74 Å². The largest absolute Gasteiger partial charge is 0.497 e. The molecule has 17 heavy (non-hydrogen) atoms. The lowest BCUT2D eigenvalue weighted by atomic mass is 10.0. The Kier molecular flexibility index (Phi) is 2.69. The average molecular weight is 228 g/mol. The smallest absolute Gasteiger partial charge is 0.119 e. The fourth-order valence-corrected chi connectivity index (χ4v) is 2.49. The Morgan fingerprint density at radius 2 is 2.29 bits per heavy atom. The number of rotatable bonds is 2. The molecule has 3 nitrogen and oxygen atoms in total. The predicted octanol–water partition coefficient (Wildman–Crippen LogP) is 2.67. The van der Waals surface area contributed by atoms with Crippen LogP contribution in [0.2, 0.25) is 0 Å². The summed E-state index contributed by atoms with van der Waals surface area (Å²) in [6, 6.07) is 8.61. The first-order chi connectivity index (χ1) is 8.38. The lowest BCUT2D eigenvalue weighted by molar-refractivity contribution is 0.415. The van der Waals surface area contributed by atoms with Gasteiger partial charge in [-0.15, -0.1) is 0 Å². The molecule has 0 amide bonds. The Morgan fingerprint density at radius 1 is 1.35 bits per heavy atom. The van der Waals surface area contributed by atoms with Gasteiger partial charge in [0.15, 0.2) is 0 Å². The molecule has 88 valence electrons. The molecule has 1 unspecified atom stereocenters. The molecule has 1 N–H and O–H groups in total. The number of hydrogen-bond donors (Lipinski definition) is 1. The zero-order valence-electron chi connectivity index (χ0n) is 9.94. The summed E-state index contributed by atoms with van der Waals surface area (Å²) in [5.74, 6) is 0.893. The summed E-state index contributed by atoms with van der Waals surface area (Å²) in [6.45, 7) is 1.09. The van der Waals surface area contributed by atoms with E-state index in [0.717, 1.165) is 18.0 Å². The zero-order valence-corrected chi connectivity index (χ0v) is 9.94. The van der Waals surface area contributed by atoms with Crippen LogP contribution < -0.4 is 10.1 Å². The molecule has 0 aliphatic carbocycles. The molecule has 0 radical (unpaired) electrons. The summed E-state index contributed by atoms with van der Waals surface area (Å²) in [5.41, 5.74) is 1.15. The Morgan fingerprint density at radius 3 is 3.06 bits per heavy atom. The first kappa shape index (κ1) is 10.5. The molecule has 0 bridgehead atoms. The number of fused-ring (bicyclic) bond motifs is 1. The van der Waals surface area contributed by atoms with Gasteiger partial charge in [-0.05, 0) is 43.0 Å². The number of aromatic nitrogens is 1. The third-order valence-corrected chi connectivity index (χ3v) is 3.39. The Balaban J connectivity index is 2.15. The number of benzene rings is 1. The SMILES string of the molecule is COc1ccc2ccnc(C3CCCN3)c2c1. The minimum atomic E-state index is 0.394. The second-order valence-electron chi connectivity index (χ2n) is 4.43. The van der Waals surface area contributed by atoms with E-state index in [9.17, 15) is 0 Å². The maximum absolute atomic E-state index is 5.29. The van der Waals surface area contributed by atoms with E-state index in [0.29, 0.717) is 6.04 Å². The molecule has 1 aromatic carbocycles. The quantitative estimate of drug-likeness (QED) is 0.858. The molecular weight excluding hydrogens is 212 g/mol. The summed E-state index contributed by atoms with van der Waals surface area (Å²) in [7, 11) is 1.70. The second-order valence-corrected chi connectivity index (χ2v) is 4.43. The molecule has 1 saturated heterocycles. The molecule has 1 fully saturated rings. The number of methoxy groups -OCH3 is 1. The Bertz CT molecular complexity index is 533. The maximum Gasteiger partial charge on any atom is 0.119 e. The third-order valence-electron chi connectivity index (χ3n) is 3.39. The van der Waals surface area contributed by atoms with Crippen molar-refractivity contribution in [1.29, 1.82) is 0 Å². The highest BCUT2D eigenvalue weighted by atomic mass is 16.5. The van der Waals surface area contributed by atoms with Crippen molar-refractivity contribution in [3.05, 3.63) is 36.2 Å². The highest BCUT2D eigenvalue weighted by molar-refractivity contribution is 5.86. The highest BCUT2D eigenvalue weighted by Crippen LogP contribution is 2.30. The number of hydrogen-bond acceptors (Lipinski definition) is 3. The topological polar surface area (TPSA) is 34.1 Å². The molecule has 1 atom stereocenters. The maximum atomic E-state index is 5.29. The van der Waals surface area contributed by atoms with Crippen LogP contribution in [0.15, 0.2) is 30.5 Å². The van der Waals surface area contributed by atoms with Gasteiger partial charge >= 0.3 is 0 Å². The minimum absolute atomic E-state index is 0.394. The molecule has 0 spiro atoms. The summed E-state index contributed by atoms with van der Waals surface area (Å²) in [4.78, 5) is 4.55. The number of nitrogens with one attached hydrogen (secondary N) is 1. The van der Waals surface area contributed by atoms with E-state index in [1.54, 1.807) is 7.11 Å². The lowest BCUT2D eigenvalue weighted by Gasteiger charge is -2.13. The molecule has 0 saturated carbocycles. The van der Waals surface area contributed by atoms with E-state index in [-0.39, 0.29) is 0 Å². The van der Waals surface area contributed by atoms with Crippen LogP contribution in [0.4, 0.5) is 0 Å². The van der Waals surface area contributed by atoms with Crippen molar-refractivity contribution in [2.24, 2.45) is 0 Å². The van der Waals surface area contributed by atoms with Gasteiger partial charge in [-0.25, -0.2) is 0 Å². The minimum Gasteiger partial charge on any atom is -0.497 e. The Hall–Kier alpha value is -1.61. The molecule has 2 aromatic rings. The van der Waals surface area contributed by atoms with Crippen molar-refractivity contribution >= 4 is 10.8 Å². The van der Waals surface area contributed by atoms with E-state index >= 15 is 0 Å². The average Bonchev–Trinajstić information content (AvgIpc) is 2.91. The fraction of sp³-hybridized carbons (Fsp3) is 0.357. The van der Waals surface area contributed by atoms with Gasteiger partial charge in [0.1, 0.15) is 5.75 Å². The first-order valence-corrected chi connectivity index (χ1v) is 6.04. The van der Waals surface area contributed by atoms with Crippen LogP contribution in [0, 0.1) is 0 Å². The van der Waals surface area contributed by atoms with E-state index < -0.39 is 0 Å². The van der Waals surface area contributed by atoms with Crippen molar-refractivity contribution < 1.29 is 4.74 Å². The Labute approximate surface area is 101 Å². The van der Waals surface area contributed by atoms with Crippen LogP contribution in [-0.4, -0.2) is 18.6 Å².